The van der Waals surface area contributed by atoms with Crippen LogP contribution in [-0.2, 0) is 11.3 Å². The van der Waals surface area contributed by atoms with Crippen molar-refractivity contribution in [1.29, 1.82) is 0 Å². The van der Waals surface area contributed by atoms with E-state index in [1.807, 2.05) is 0 Å². The topological polar surface area (TPSA) is 81.4 Å². The minimum atomic E-state index is -1.06. The van der Waals surface area contributed by atoms with Crippen molar-refractivity contribution in [2.24, 2.45) is 5.73 Å². The van der Waals surface area contributed by atoms with Gasteiger partial charge in [0, 0.05) is 17.1 Å². The van der Waals surface area contributed by atoms with Gasteiger partial charge in [0.05, 0.1) is 0 Å². The molecule has 6 heteroatoms. The molecule has 2 aromatic carbocycles. The second-order valence-corrected chi connectivity index (χ2v) is 6.25. The molecule has 24 heavy (non-hydrogen) atoms. The summed E-state index contributed by atoms with van der Waals surface area (Å²) in [6, 6.07) is 13.6. The van der Waals surface area contributed by atoms with Gasteiger partial charge in [-0.05, 0) is 55.8 Å². The summed E-state index contributed by atoms with van der Waals surface area (Å²) in [5.74, 6) is -0.230. The Morgan fingerprint density at radius 3 is 2.46 bits per heavy atom. The summed E-state index contributed by atoms with van der Waals surface area (Å²) in [5, 5.41) is 3.39. The normalized spacial score (nSPS) is 11.0. The zero-order valence-corrected chi connectivity index (χ0v) is 14.3. The van der Waals surface area contributed by atoms with Crippen LogP contribution in [0.5, 0.6) is 5.75 Å². The van der Waals surface area contributed by atoms with Gasteiger partial charge >= 0.3 is 0 Å². The van der Waals surface area contributed by atoms with Crippen molar-refractivity contribution in [2.75, 3.05) is 0 Å². The van der Waals surface area contributed by atoms with E-state index >= 15 is 0 Å². The van der Waals surface area contributed by atoms with E-state index in [2.05, 4.69) is 5.32 Å². The van der Waals surface area contributed by atoms with Gasteiger partial charge in [0.25, 0.3) is 5.91 Å². The number of benzene rings is 2. The third-order valence-electron chi connectivity index (χ3n) is 3.40. The first-order valence-corrected chi connectivity index (χ1v) is 7.77. The molecule has 3 N–H and O–H groups in total. The van der Waals surface area contributed by atoms with E-state index in [9.17, 15) is 9.59 Å². The highest BCUT2D eigenvalue weighted by Gasteiger charge is 2.29. The second kappa shape index (κ2) is 7.36. The minimum Gasteiger partial charge on any atom is -0.478 e. The molecule has 0 saturated carbocycles. The summed E-state index contributed by atoms with van der Waals surface area (Å²) < 4.78 is 5.72. The average molecular weight is 347 g/mol. The molecule has 0 radical (unpaired) electrons. The fourth-order valence-electron chi connectivity index (χ4n) is 2.07. The Labute approximate surface area is 145 Å². The molecule has 0 unspecified atom stereocenters. The van der Waals surface area contributed by atoms with Crippen molar-refractivity contribution in [3.8, 4) is 5.75 Å². The van der Waals surface area contributed by atoms with E-state index in [0.29, 0.717) is 16.3 Å². The lowest BCUT2D eigenvalue weighted by Crippen LogP contribution is -2.46. The van der Waals surface area contributed by atoms with Crippen LogP contribution in [0.1, 0.15) is 29.8 Å². The summed E-state index contributed by atoms with van der Waals surface area (Å²) >= 11 is 5.83. The molecule has 0 aromatic heterocycles. The van der Waals surface area contributed by atoms with Crippen LogP contribution in [-0.4, -0.2) is 17.4 Å². The number of amides is 2. The van der Waals surface area contributed by atoms with Crippen LogP contribution in [0.4, 0.5) is 0 Å². The molecule has 2 rings (SSSR count). The predicted molar refractivity (Wildman–Crippen MR) is 93.0 cm³/mol. The smallest absolute Gasteiger partial charge is 0.263 e. The first-order valence-electron chi connectivity index (χ1n) is 7.39. The summed E-state index contributed by atoms with van der Waals surface area (Å²) in [6.45, 7) is 3.63. The molecular formula is C18H19ClN2O3. The number of primary amides is 1. The maximum Gasteiger partial charge on any atom is 0.263 e. The number of hydrogen-bond acceptors (Lipinski definition) is 3. The van der Waals surface area contributed by atoms with Crippen LogP contribution in [0.15, 0.2) is 48.5 Å². The zero-order chi connectivity index (χ0) is 17.7. The Morgan fingerprint density at radius 2 is 1.83 bits per heavy atom. The van der Waals surface area contributed by atoms with Gasteiger partial charge in [-0.2, -0.15) is 0 Å². The quantitative estimate of drug-likeness (QED) is 0.843. The summed E-state index contributed by atoms with van der Waals surface area (Å²) in [7, 11) is 0. The van der Waals surface area contributed by atoms with Gasteiger partial charge in [0.15, 0.2) is 5.60 Å². The maximum atomic E-state index is 12.4. The van der Waals surface area contributed by atoms with Crippen molar-refractivity contribution >= 4 is 23.4 Å². The highest BCUT2D eigenvalue weighted by atomic mass is 35.5. The van der Waals surface area contributed by atoms with Gasteiger partial charge in [-0.1, -0.05) is 23.7 Å². The van der Waals surface area contributed by atoms with Crippen molar-refractivity contribution in [2.45, 2.75) is 26.0 Å². The molecule has 2 amide bonds. The number of nitrogens with one attached hydrogen (secondary N) is 1. The lowest BCUT2D eigenvalue weighted by atomic mass is 10.1. The second-order valence-electron chi connectivity index (χ2n) is 5.81. The van der Waals surface area contributed by atoms with Crippen LogP contribution in [0.25, 0.3) is 0 Å². The highest BCUT2D eigenvalue weighted by molar-refractivity contribution is 6.30. The van der Waals surface area contributed by atoms with Gasteiger partial charge in [0.2, 0.25) is 5.91 Å². The molecular weight excluding hydrogens is 328 g/mol. The molecule has 5 nitrogen and oxygen atoms in total. The summed E-state index contributed by atoms with van der Waals surface area (Å²) in [6.07, 6.45) is 0. The van der Waals surface area contributed by atoms with Crippen molar-refractivity contribution in [1.82, 2.24) is 5.32 Å². The van der Waals surface area contributed by atoms with E-state index in [1.54, 1.807) is 62.4 Å². The van der Waals surface area contributed by atoms with Crippen LogP contribution < -0.4 is 15.8 Å². The minimum absolute atomic E-state index is 0.271. The van der Waals surface area contributed by atoms with Crippen LogP contribution >= 0.6 is 11.6 Å². The van der Waals surface area contributed by atoms with Gasteiger partial charge in [-0.25, -0.2) is 0 Å². The molecule has 0 saturated heterocycles. The molecule has 0 atom stereocenters. The fourth-order valence-corrected chi connectivity index (χ4v) is 2.20. The molecule has 126 valence electrons. The Bertz CT molecular complexity index is 742. The van der Waals surface area contributed by atoms with Crippen LogP contribution in [0.2, 0.25) is 5.02 Å². The number of carbonyl (C=O) groups excluding carboxylic acids is 2. The standard InChI is InChI=1S/C18H19ClN2O3/c1-18(2,24-15-8-6-14(19)7-9-15)17(23)21-11-12-4-3-5-13(10-12)16(20)22/h3-10H,11H2,1-2H3,(H2,20,22)(H,21,23). The van der Waals surface area contributed by atoms with E-state index in [0.717, 1.165) is 5.56 Å². The predicted octanol–water partition coefficient (Wildman–Crippen LogP) is 2.91. The van der Waals surface area contributed by atoms with Crippen molar-refractivity contribution in [3.05, 3.63) is 64.7 Å². The number of hydrogen-bond donors (Lipinski definition) is 2. The molecule has 0 spiro atoms. The van der Waals surface area contributed by atoms with Gasteiger partial charge in [0.1, 0.15) is 5.75 Å². The number of nitrogens with two attached hydrogens (primary N) is 1. The maximum absolute atomic E-state index is 12.4. The van der Waals surface area contributed by atoms with Crippen molar-refractivity contribution in [3.63, 3.8) is 0 Å². The highest BCUT2D eigenvalue weighted by Crippen LogP contribution is 2.21. The molecule has 0 aliphatic carbocycles. The largest absolute Gasteiger partial charge is 0.478 e. The number of rotatable bonds is 6. The molecule has 0 heterocycles. The van der Waals surface area contributed by atoms with E-state index in [1.165, 1.54) is 0 Å². The Balaban J connectivity index is 1.98. The van der Waals surface area contributed by atoms with Gasteiger partial charge in [-0.3, -0.25) is 9.59 Å². The average Bonchev–Trinajstić information content (AvgIpc) is 2.54. The molecule has 2 aromatic rings. The molecule has 0 fully saturated rings. The molecule has 0 aliphatic rings. The van der Waals surface area contributed by atoms with Gasteiger partial charge in [-0.15, -0.1) is 0 Å². The lowest BCUT2D eigenvalue weighted by Gasteiger charge is -2.25. The monoisotopic (exact) mass is 346 g/mol. The van der Waals surface area contributed by atoms with E-state index in [-0.39, 0.29) is 12.5 Å². The third kappa shape index (κ3) is 4.73. The number of carbonyl (C=O) groups is 2. The first-order chi connectivity index (χ1) is 11.3. The first kappa shape index (κ1) is 17.8. The third-order valence-corrected chi connectivity index (χ3v) is 3.65. The molecule has 0 bridgehead atoms. The Kier molecular flexibility index (Phi) is 5.46. The SMILES string of the molecule is CC(C)(Oc1ccc(Cl)cc1)C(=O)NCc1cccc(C(N)=O)c1. The van der Waals surface area contributed by atoms with Gasteiger partial charge < -0.3 is 15.8 Å². The summed E-state index contributed by atoms with van der Waals surface area (Å²) in [4.78, 5) is 23.6. The number of halogens is 1. The fraction of sp³-hybridized carbons (Fsp3) is 0.222. The van der Waals surface area contributed by atoms with Crippen LogP contribution in [0, 0.1) is 0 Å². The lowest BCUT2D eigenvalue weighted by molar-refractivity contribution is -0.134. The van der Waals surface area contributed by atoms with E-state index < -0.39 is 11.5 Å². The summed E-state index contributed by atoms with van der Waals surface area (Å²) in [5.41, 5.74) is 5.37. The zero-order valence-electron chi connectivity index (χ0n) is 13.5. The molecule has 0 aliphatic heterocycles. The number of ether oxygens (including phenoxy) is 1. The Morgan fingerprint density at radius 1 is 1.17 bits per heavy atom. The Hall–Kier alpha value is -2.53. The van der Waals surface area contributed by atoms with Crippen LogP contribution in [0.3, 0.4) is 0 Å². The van der Waals surface area contributed by atoms with Crippen molar-refractivity contribution < 1.29 is 14.3 Å². The van der Waals surface area contributed by atoms with E-state index in [4.69, 9.17) is 22.1 Å².